The normalized spacial score (nSPS) is 19.3. The number of nitrogen functional groups attached to an aromatic ring is 1. The summed E-state index contributed by atoms with van der Waals surface area (Å²) in [5.41, 5.74) is 9.63. The molecule has 1 aliphatic rings. The van der Waals surface area contributed by atoms with Gasteiger partial charge in [0.25, 0.3) is 0 Å². The second-order valence-corrected chi connectivity index (χ2v) is 6.54. The van der Waals surface area contributed by atoms with Gasteiger partial charge < -0.3 is 15.2 Å². The Morgan fingerprint density at radius 3 is 2.12 bits per heavy atom. The van der Waals surface area contributed by atoms with Crippen LogP contribution in [0.25, 0.3) is 0 Å². The van der Waals surface area contributed by atoms with E-state index in [1.54, 1.807) is 0 Å². The van der Waals surface area contributed by atoms with E-state index in [0.717, 1.165) is 35.1 Å². The quantitative estimate of drug-likeness (QED) is 0.472. The van der Waals surface area contributed by atoms with E-state index in [9.17, 15) is 4.79 Å². The van der Waals surface area contributed by atoms with Crippen molar-refractivity contribution in [3.63, 3.8) is 0 Å². The summed E-state index contributed by atoms with van der Waals surface area (Å²) in [6.45, 7) is 0. The van der Waals surface area contributed by atoms with Crippen LogP contribution in [-0.4, -0.2) is 18.9 Å². The summed E-state index contributed by atoms with van der Waals surface area (Å²) in [6, 6.07) is 16.0. The number of aryl methyl sites for hydroxylation is 1. The highest BCUT2D eigenvalue weighted by Crippen LogP contribution is 2.40. The summed E-state index contributed by atoms with van der Waals surface area (Å²) in [5.74, 6) is -0.110. The van der Waals surface area contributed by atoms with E-state index in [0.29, 0.717) is 12.8 Å². The molecule has 0 spiro atoms. The first-order chi connectivity index (χ1) is 12.6. The number of carbonyl (C=O) groups is 1. The van der Waals surface area contributed by atoms with Crippen molar-refractivity contribution >= 4 is 11.8 Å². The zero-order chi connectivity index (χ0) is 18.5. The molecule has 1 heterocycles. The van der Waals surface area contributed by atoms with E-state index >= 15 is 0 Å². The molecular formula is C21H24N2O3. The Labute approximate surface area is 153 Å². The van der Waals surface area contributed by atoms with Gasteiger partial charge in [-0.05, 0) is 36.0 Å². The minimum absolute atomic E-state index is 0.0695. The average Bonchev–Trinajstić information content (AvgIpc) is 3.16. The van der Waals surface area contributed by atoms with Gasteiger partial charge in [-0.2, -0.15) is 0 Å². The summed E-state index contributed by atoms with van der Waals surface area (Å²) < 4.78 is 10.9. The van der Waals surface area contributed by atoms with Crippen LogP contribution in [0, 0.1) is 5.41 Å². The van der Waals surface area contributed by atoms with Gasteiger partial charge in [0.2, 0.25) is 0 Å². The van der Waals surface area contributed by atoms with Gasteiger partial charge in [0.05, 0.1) is 19.3 Å². The Hall–Kier alpha value is -2.66. The maximum Gasteiger partial charge on any atom is 0.305 e. The topological polar surface area (TPSA) is 85.4 Å². The number of rotatable bonds is 6. The molecule has 26 heavy (non-hydrogen) atoms. The van der Waals surface area contributed by atoms with Crippen molar-refractivity contribution in [1.82, 2.24) is 0 Å². The Morgan fingerprint density at radius 2 is 1.62 bits per heavy atom. The van der Waals surface area contributed by atoms with Gasteiger partial charge in [-0.1, -0.05) is 48.5 Å². The molecule has 0 aliphatic carbocycles. The van der Waals surface area contributed by atoms with Crippen LogP contribution >= 0.6 is 0 Å². The molecule has 1 aliphatic heterocycles. The third kappa shape index (κ3) is 4.29. The summed E-state index contributed by atoms with van der Waals surface area (Å²) >= 11 is 0. The number of methoxy groups -OCH3 is 1. The molecule has 3 rings (SSSR count). The average molecular weight is 352 g/mol. The molecule has 1 saturated heterocycles. The molecule has 2 aromatic carbocycles. The molecule has 0 aromatic heterocycles. The number of amidine groups is 1. The molecule has 0 radical (unpaired) electrons. The number of esters is 1. The number of ether oxygens (including phenoxy) is 2. The third-order valence-electron chi connectivity index (χ3n) is 4.81. The molecule has 0 bridgehead atoms. The van der Waals surface area contributed by atoms with Crippen molar-refractivity contribution in [2.45, 2.75) is 37.9 Å². The first-order valence-corrected chi connectivity index (χ1v) is 8.82. The highest BCUT2D eigenvalue weighted by Gasteiger charge is 2.27. The summed E-state index contributed by atoms with van der Waals surface area (Å²) in [6.07, 6.45) is 3.18. The highest BCUT2D eigenvalue weighted by molar-refractivity contribution is 5.94. The number of nitrogens with one attached hydrogen (secondary N) is 1. The van der Waals surface area contributed by atoms with Gasteiger partial charge in [-0.3, -0.25) is 10.2 Å². The summed E-state index contributed by atoms with van der Waals surface area (Å²) in [5, 5.41) is 7.46. The third-order valence-corrected chi connectivity index (χ3v) is 4.81. The van der Waals surface area contributed by atoms with Crippen LogP contribution < -0.4 is 5.73 Å². The van der Waals surface area contributed by atoms with Crippen LogP contribution in [0.3, 0.4) is 0 Å². The van der Waals surface area contributed by atoms with E-state index in [1.165, 1.54) is 7.11 Å². The number of benzene rings is 2. The van der Waals surface area contributed by atoms with Gasteiger partial charge in [0.15, 0.2) is 0 Å². The number of hydrogen-bond acceptors (Lipinski definition) is 4. The number of hydrogen-bond donors (Lipinski definition) is 2. The minimum atomic E-state index is -0.188. The molecule has 0 saturated carbocycles. The maximum absolute atomic E-state index is 11.2. The van der Waals surface area contributed by atoms with Crippen molar-refractivity contribution in [1.29, 1.82) is 5.41 Å². The summed E-state index contributed by atoms with van der Waals surface area (Å²) in [7, 11) is 1.41. The monoisotopic (exact) mass is 352 g/mol. The SMILES string of the molecule is COC(=O)CCc1ccc(C2CCC(c3ccc(C(=N)N)cc3)O2)cc1. The standard InChI is InChI=1S/C21H24N2O3/c1-25-20(24)13-4-14-2-5-15(6-3-14)18-11-12-19(26-18)16-7-9-17(10-8-16)21(22)23/h2-3,5-10,18-19H,4,11-13H2,1H3,(H3,22,23). The van der Waals surface area contributed by atoms with Crippen LogP contribution in [0.15, 0.2) is 48.5 Å². The lowest BCUT2D eigenvalue weighted by molar-refractivity contribution is -0.140. The Bertz CT molecular complexity index is 769. The Morgan fingerprint density at radius 1 is 1.08 bits per heavy atom. The fraction of sp³-hybridized carbons (Fsp3) is 0.333. The predicted molar refractivity (Wildman–Crippen MR) is 100 cm³/mol. The predicted octanol–water partition coefficient (Wildman–Crippen LogP) is 3.67. The summed E-state index contributed by atoms with van der Waals surface area (Å²) in [4.78, 5) is 11.2. The molecule has 2 atom stereocenters. The van der Waals surface area contributed by atoms with Gasteiger partial charge >= 0.3 is 5.97 Å². The van der Waals surface area contributed by atoms with Crippen LogP contribution in [0.2, 0.25) is 0 Å². The fourth-order valence-corrected chi connectivity index (χ4v) is 3.25. The lowest BCUT2D eigenvalue weighted by Crippen LogP contribution is -2.11. The molecule has 5 heteroatoms. The second-order valence-electron chi connectivity index (χ2n) is 6.54. The lowest BCUT2D eigenvalue weighted by Gasteiger charge is -2.15. The lowest BCUT2D eigenvalue weighted by atomic mass is 10.0. The van der Waals surface area contributed by atoms with Gasteiger partial charge in [-0.15, -0.1) is 0 Å². The minimum Gasteiger partial charge on any atom is -0.469 e. The van der Waals surface area contributed by atoms with Crippen molar-refractivity contribution in [3.05, 3.63) is 70.8 Å². The van der Waals surface area contributed by atoms with E-state index in [1.807, 2.05) is 24.3 Å². The Kier molecular flexibility index (Phi) is 5.68. The van der Waals surface area contributed by atoms with Crippen molar-refractivity contribution in [2.75, 3.05) is 7.11 Å². The molecule has 2 unspecified atom stereocenters. The van der Waals surface area contributed by atoms with Crippen LogP contribution in [0.5, 0.6) is 0 Å². The van der Waals surface area contributed by atoms with Gasteiger partial charge in [0, 0.05) is 12.0 Å². The van der Waals surface area contributed by atoms with Crippen LogP contribution in [0.1, 0.15) is 53.7 Å². The highest BCUT2D eigenvalue weighted by atomic mass is 16.5. The Balaban J connectivity index is 1.59. The molecule has 1 fully saturated rings. The van der Waals surface area contributed by atoms with Crippen LogP contribution in [-0.2, 0) is 20.7 Å². The molecule has 5 nitrogen and oxygen atoms in total. The first kappa shape index (κ1) is 18.1. The largest absolute Gasteiger partial charge is 0.469 e. The zero-order valence-corrected chi connectivity index (χ0v) is 14.9. The number of nitrogens with two attached hydrogens (primary N) is 1. The van der Waals surface area contributed by atoms with Crippen molar-refractivity contribution in [3.8, 4) is 0 Å². The van der Waals surface area contributed by atoms with E-state index < -0.39 is 0 Å². The smallest absolute Gasteiger partial charge is 0.305 e. The van der Waals surface area contributed by atoms with Gasteiger partial charge in [0.1, 0.15) is 5.84 Å². The van der Waals surface area contributed by atoms with E-state index in [-0.39, 0.29) is 24.0 Å². The first-order valence-electron chi connectivity index (χ1n) is 8.82. The second kappa shape index (κ2) is 8.15. The van der Waals surface area contributed by atoms with Gasteiger partial charge in [-0.25, -0.2) is 0 Å². The van der Waals surface area contributed by atoms with E-state index in [4.69, 9.17) is 15.9 Å². The molecule has 136 valence electrons. The fourth-order valence-electron chi connectivity index (χ4n) is 3.25. The van der Waals surface area contributed by atoms with E-state index in [2.05, 4.69) is 29.0 Å². The molecule has 2 aromatic rings. The molecular weight excluding hydrogens is 328 g/mol. The van der Waals surface area contributed by atoms with Crippen molar-refractivity contribution in [2.24, 2.45) is 5.73 Å². The molecule has 3 N–H and O–H groups in total. The maximum atomic E-state index is 11.2. The van der Waals surface area contributed by atoms with Crippen molar-refractivity contribution < 1.29 is 14.3 Å². The van der Waals surface area contributed by atoms with Crippen LogP contribution in [0.4, 0.5) is 0 Å². The molecule has 0 amide bonds. The zero-order valence-electron chi connectivity index (χ0n) is 14.9. The number of carbonyl (C=O) groups excluding carboxylic acids is 1.